The number of fused-ring (bicyclic) bond motifs is 1. The summed E-state index contributed by atoms with van der Waals surface area (Å²) in [7, 11) is 0. The average Bonchev–Trinajstić information content (AvgIpc) is 2.92. The molecule has 0 bridgehead atoms. The van der Waals surface area contributed by atoms with Gasteiger partial charge in [-0.05, 0) is 17.5 Å². The van der Waals surface area contributed by atoms with Crippen LogP contribution >= 0.6 is 11.3 Å². The number of thiophene rings is 1. The topological polar surface area (TPSA) is 30.5 Å². The normalized spacial score (nSPS) is 13.6. The highest BCUT2D eigenvalue weighted by Crippen LogP contribution is 2.33. The molecule has 94 valence electrons. The van der Waals surface area contributed by atoms with Gasteiger partial charge >= 0.3 is 0 Å². The lowest BCUT2D eigenvalue weighted by atomic mass is 10.1. The van der Waals surface area contributed by atoms with Crippen LogP contribution in [0.3, 0.4) is 0 Å². The number of rotatable bonds is 4. The molecule has 3 nitrogen and oxygen atoms in total. The third-order valence-electron chi connectivity index (χ3n) is 2.84. The summed E-state index contributed by atoms with van der Waals surface area (Å²) in [6.45, 7) is 2.96. The molecule has 0 saturated carbocycles. The van der Waals surface area contributed by atoms with Crippen molar-refractivity contribution in [1.82, 2.24) is 5.32 Å². The van der Waals surface area contributed by atoms with Gasteiger partial charge in [0, 0.05) is 23.5 Å². The van der Waals surface area contributed by atoms with E-state index in [0.717, 1.165) is 30.2 Å². The van der Waals surface area contributed by atoms with Gasteiger partial charge in [0.15, 0.2) is 11.5 Å². The highest BCUT2D eigenvalue weighted by atomic mass is 32.1. The van der Waals surface area contributed by atoms with Crippen LogP contribution in [0.4, 0.5) is 0 Å². The summed E-state index contributed by atoms with van der Waals surface area (Å²) < 4.78 is 11.2. The largest absolute Gasteiger partial charge is 0.486 e. The number of ether oxygens (including phenoxy) is 2. The van der Waals surface area contributed by atoms with Crippen LogP contribution in [0.5, 0.6) is 11.5 Å². The van der Waals surface area contributed by atoms with Crippen LogP contribution in [0.1, 0.15) is 10.4 Å². The number of benzene rings is 1. The first-order valence-electron chi connectivity index (χ1n) is 6.04. The molecule has 1 aliphatic rings. The van der Waals surface area contributed by atoms with E-state index in [4.69, 9.17) is 9.47 Å². The fraction of sp³-hybridized carbons (Fsp3) is 0.286. The molecule has 0 amide bonds. The van der Waals surface area contributed by atoms with Crippen molar-refractivity contribution in [2.24, 2.45) is 0 Å². The summed E-state index contributed by atoms with van der Waals surface area (Å²) in [4.78, 5) is 1.34. The Kier molecular flexibility index (Phi) is 3.48. The average molecular weight is 261 g/mol. The highest BCUT2D eigenvalue weighted by molar-refractivity contribution is 7.09. The Labute approximate surface area is 110 Å². The molecular weight excluding hydrogens is 246 g/mol. The second-order valence-electron chi connectivity index (χ2n) is 4.12. The molecule has 1 N–H and O–H groups in total. The van der Waals surface area contributed by atoms with Crippen molar-refractivity contribution in [3.05, 3.63) is 46.2 Å². The first kappa shape index (κ1) is 11.6. The van der Waals surface area contributed by atoms with Gasteiger partial charge in [-0.1, -0.05) is 18.2 Å². The molecule has 1 aromatic carbocycles. The van der Waals surface area contributed by atoms with Gasteiger partial charge in [0.25, 0.3) is 0 Å². The van der Waals surface area contributed by atoms with E-state index in [1.54, 1.807) is 11.3 Å². The number of para-hydroxylation sites is 1. The molecule has 1 aliphatic heterocycles. The SMILES string of the molecule is c1csc(CNCc2cccc3c2OCCO3)c1. The molecule has 0 fully saturated rings. The first-order valence-corrected chi connectivity index (χ1v) is 6.92. The second kappa shape index (κ2) is 5.42. The highest BCUT2D eigenvalue weighted by Gasteiger charge is 2.14. The van der Waals surface area contributed by atoms with Gasteiger partial charge < -0.3 is 14.8 Å². The van der Waals surface area contributed by atoms with Gasteiger partial charge in [0.2, 0.25) is 0 Å². The third kappa shape index (κ3) is 2.49. The number of hydrogen-bond acceptors (Lipinski definition) is 4. The lowest BCUT2D eigenvalue weighted by Crippen LogP contribution is -2.19. The molecule has 0 unspecified atom stereocenters. The van der Waals surface area contributed by atoms with Gasteiger partial charge in [-0.2, -0.15) is 0 Å². The van der Waals surface area contributed by atoms with Crippen LogP contribution in [0.2, 0.25) is 0 Å². The molecule has 0 aliphatic carbocycles. The molecule has 0 atom stereocenters. The maximum absolute atomic E-state index is 5.68. The van der Waals surface area contributed by atoms with Crippen molar-refractivity contribution < 1.29 is 9.47 Å². The van der Waals surface area contributed by atoms with E-state index in [0.29, 0.717) is 13.2 Å². The van der Waals surface area contributed by atoms with Crippen molar-refractivity contribution in [2.75, 3.05) is 13.2 Å². The van der Waals surface area contributed by atoms with Crippen molar-refractivity contribution >= 4 is 11.3 Å². The first-order chi connectivity index (χ1) is 8.93. The smallest absolute Gasteiger partial charge is 0.165 e. The zero-order valence-electron chi connectivity index (χ0n) is 10.0. The lowest BCUT2D eigenvalue weighted by molar-refractivity contribution is 0.169. The van der Waals surface area contributed by atoms with Crippen LogP contribution in [-0.2, 0) is 13.1 Å². The second-order valence-corrected chi connectivity index (χ2v) is 5.16. The molecule has 18 heavy (non-hydrogen) atoms. The van der Waals surface area contributed by atoms with Crippen LogP contribution in [0, 0.1) is 0 Å². The van der Waals surface area contributed by atoms with Gasteiger partial charge in [-0.3, -0.25) is 0 Å². The monoisotopic (exact) mass is 261 g/mol. The molecular formula is C14H15NO2S. The Morgan fingerprint density at radius 3 is 2.89 bits per heavy atom. The van der Waals surface area contributed by atoms with Crippen molar-refractivity contribution in [1.29, 1.82) is 0 Å². The quantitative estimate of drug-likeness (QED) is 0.918. The Hall–Kier alpha value is -1.52. The zero-order valence-corrected chi connectivity index (χ0v) is 10.8. The Bertz CT molecular complexity index is 511. The molecule has 1 aromatic heterocycles. The van der Waals surface area contributed by atoms with Crippen molar-refractivity contribution in [3.8, 4) is 11.5 Å². The van der Waals surface area contributed by atoms with E-state index in [-0.39, 0.29) is 0 Å². The summed E-state index contributed by atoms with van der Waals surface area (Å²) in [6.07, 6.45) is 0. The summed E-state index contributed by atoms with van der Waals surface area (Å²) in [5.74, 6) is 1.75. The van der Waals surface area contributed by atoms with Crippen LogP contribution in [-0.4, -0.2) is 13.2 Å². The van der Waals surface area contributed by atoms with Crippen LogP contribution in [0.15, 0.2) is 35.7 Å². The molecule has 2 aromatic rings. The number of hydrogen-bond donors (Lipinski definition) is 1. The molecule has 0 radical (unpaired) electrons. The van der Waals surface area contributed by atoms with Crippen molar-refractivity contribution in [3.63, 3.8) is 0 Å². The van der Waals surface area contributed by atoms with E-state index in [1.807, 2.05) is 12.1 Å². The molecule has 2 heterocycles. The minimum atomic E-state index is 0.634. The third-order valence-corrected chi connectivity index (χ3v) is 3.72. The fourth-order valence-electron chi connectivity index (χ4n) is 2.01. The predicted molar refractivity (Wildman–Crippen MR) is 72.3 cm³/mol. The van der Waals surface area contributed by atoms with E-state index < -0.39 is 0 Å². The standard InChI is InChI=1S/C14H15NO2S/c1-3-11(9-15-10-12-4-2-8-18-12)14-13(5-1)16-6-7-17-14/h1-5,8,15H,6-7,9-10H2. The summed E-state index contributed by atoms with van der Waals surface area (Å²) in [6, 6.07) is 10.3. The van der Waals surface area contributed by atoms with Crippen molar-refractivity contribution in [2.45, 2.75) is 13.1 Å². The zero-order chi connectivity index (χ0) is 12.2. The number of nitrogens with one attached hydrogen (secondary N) is 1. The Morgan fingerprint density at radius 1 is 1.06 bits per heavy atom. The molecule has 4 heteroatoms. The molecule has 0 spiro atoms. The van der Waals surface area contributed by atoms with E-state index >= 15 is 0 Å². The van der Waals surface area contributed by atoms with Crippen LogP contribution in [0.25, 0.3) is 0 Å². The van der Waals surface area contributed by atoms with E-state index in [9.17, 15) is 0 Å². The predicted octanol–water partition coefficient (Wildman–Crippen LogP) is 2.81. The maximum Gasteiger partial charge on any atom is 0.165 e. The maximum atomic E-state index is 5.68. The van der Waals surface area contributed by atoms with Crippen LogP contribution < -0.4 is 14.8 Å². The molecule has 0 saturated heterocycles. The van der Waals surface area contributed by atoms with Gasteiger partial charge in [0.1, 0.15) is 13.2 Å². The lowest BCUT2D eigenvalue weighted by Gasteiger charge is -2.21. The summed E-state index contributed by atoms with van der Waals surface area (Å²) >= 11 is 1.77. The molecule has 3 rings (SSSR count). The van der Waals surface area contributed by atoms with E-state index in [2.05, 4.69) is 28.9 Å². The van der Waals surface area contributed by atoms with Gasteiger partial charge in [-0.15, -0.1) is 11.3 Å². The summed E-state index contributed by atoms with van der Waals surface area (Å²) in [5.41, 5.74) is 1.16. The minimum absolute atomic E-state index is 0.634. The van der Waals surface area contributed by atoms with E-state index in [1.165, 1.54) is 4.88 Å². The summed E-state index contributed by atoms with van der Waals surface area (Å²) in [5, 5.41) is 5.52. The van der Waals surface area contributed by atoms with Gasteiger partial charge in [0.05, 0.1) is 0 Å². The minimum Gasteiger partial charge on any atom is -0.486 e. The fourth-order valence-corrected chi connectivity index (χ4v) is 2.68. The Morgan fingerprint density at radius 2 is 2.00 bits per heavy atom. The van der Waals surface area contributed by atoms with Gasteiger partial charge in [-0.25, -0.2) is 0 Å². The Balaban J connectivity index is 1.65.